The monoisotopic (exact) mass is 471 g/mol. The van der Waals surface area contributed by atoms with Crippen molar-refractivity contribution in [2.45, 2.75) is 57.3 Å². The summed E-state index contributed by atoms with van der Waals surface area (Å²) in [5.74, 6) is -2.48. The van der Waals surface area contributed by atoms with Gasteiger partial charge >= 0.3 is 5.97 Å². The molecule has 2 aliphatic heterocycles. The summed E-state index contributed by atoms with van der Waals surface area (Å²) in [6, 6.07) is 2.36. The summed E-state index contributed by atoms with van der Waals surface area (Å²) in [5.41, 5.74) is -2.58. The van der Waals surface area contributed by atoms with E-state index in [-0.39, 0.29) is 47.8 Å². The summed E-state index contributed by atoms with van der Waals surface area (Å²) < 4.78 is 10.9. The summed E-state index contributed by atoms with van der Waals surface area (Å²) in [6.45, 7) is 3.78. The lowest BCUT2D eigenvalue weighted by atomic mass is 9.50. The molecule has 1 aromatic carbocycles. The Morgan fingerprint density at radius 1 is 1.26 bits per heavy atom. The van der Waals surface area contributed by atoms with Crippen LogP contribution in [0.1, 0.15) is 49.9 Å². The van der Waals surface area contributed by atoms with Crippen molar-refractivity contribution < 1.29 is 39.2 Å². The molecule has 4 N–H and O–H groups in total. The Kier molecular flexibility index (Phi) is 4.90. The van der Waals surface area contributed by atoms with Crippen LogP contribution in [0.25, 0.3) is 0 Å². The van der Waals surface area contributed by atoms with Gasteiger partial charge in [-0.25, -0.2) is 4.79 Å². The molecule has 4 fully saturated rings. The lowest BCUT2D eigenvalue weighted by Crippen LogP contribution is -2.62. The molecule has 9 heteroatoms. The van der Waals surface area contributed by atoms with Crippen LogP contribution in [0.5, 0.6) is 11.5 Å². The zero-order valence-corrected chi connectivity index (χ0v) is 19.3. The molecule has 4 bridgehead atoms. The first kappa shape index (κ1) is 22.9. The van der Waals surface area contributed by atoms with E-state index in [1.54, 1.807) is 6.08 Å². The third-order valence-electron chi connectivity index (χ3n) is 8.83. The molecule has 1 aromatic rings. The van der Waals surface area contributed by atoms with E-state index >= 15 is 0 Å². The molecule has 34 heavy (non-hydrogen) atoms. The zero-order valence-electron chi connectivity index (χ0n) is 19.3. The van der Waals surface area contributed by atoms with Gasteiger partial charge in [-0.1, -0.05) is 13.0 Å². The summed E-state index contributed by atoms with van der Waals surface area (Å²) in [4.78, 5) is 37.8. The van der Waals surface area contributed by atoms with Gasteiger partial charge in [-0.2, -0.15) is 0 Å². The van der Waals surface area contributed by atoms with Gasteiger partial charge in [-0.3, -0.25) is 9.59 Å². The highest BCUT2D eigenvalue weighted by molar-refractivity contribution is 6.01. The van der Waals surface area contributed by atoms with E-state index < -0.39 is 45.9 Å². The molecule has 1 spiro atoms. The number of benzene rings is 1. The maximum Gasteiger partial charge on any atom is 0.341 e. The van der Waals surface area contributed by atoms with Crippen molar-refractivity contribution in [3.05, 3.63) is 29.8 Å². The van der Waals surface area contributed by atoms with E-state index in [4.69, 9.17) is 4.74 Å². The summed E-state index contributed by atoms with van der Waals surface area (Å²) in [5, 5.41) is 34.2. The van der Waals surface area contributed by atoms with Crippen molar-refractivity contribution in [3.8, 4) is 11.5 Å². The van der Waals surface area contributed by atoms with Gasteiger partial charge in [-0.05, 0) is 50.3 Å². The van der Waals surface area contributed by atoms with Gasteiger partial charge in [0.15, 0.2) is 11.5 Å². The molecule has 2 heterocycles. The van der Waals surface area contributed by atoms with Crippen molar-refractivity contribution in [3.63, 3.8) is 0 Å². The molecule has 0 unspecified atom stereocenters. The van der Waals surface area contributed by atoms with Gasteiger partial charge in [0.25, 0.3) is 0 Å². The third kappa shape index (κ3) is 2.83. The van der Waals surface area contributed by atoms with E-state index in [2.05, 4.69) is 10.1 Å². The first-order chi connectivity index (χ1) is 16.0. The van der Waals surface area contributed by atoms with Crippen LogP contribution < -0.4 is 5.32 Å². The Morgan fingerprint density at radius 3 is 2.68 bits per heavy atom. The number of aliphatic hydroxyl groups is 1. The normalized spacial score (nSPS) is 39.2. The molecule has 182 valence electrons. The van der Waals surface area contributed by atoms with Crippen LogP contribution in [0, 0.1) is 22.7 Å². The largest absolute Gasteiger partial charge is 0.506 e. The number of ketones is 1. The van der Waals surface area contributed by atoms with E-state index in [0.717, 1.165) is 20.0 Å². The lowest BCUT2D eigenvalue weighted by Gasteiger charge is -2.57. The van der Waals surface area contributed by atoms with E-state index in [1.807, 2.05) is 19.9 Å². The Balaban J connectivity index is 1.37. The molecule has 7 atom stereocenters. The highest BCUT2D eigenvalue weighted by Gasteiger charge is 2.76. The number of amides is 1. The van der Waals surface area contributed by atoms with E-state index in [1.165, 1.54) is 12.1 Å². The van der Waals surface area contributed by atoms with Gasteiger partial charge in [0.1, 0.15) is 17.0 Å². The van der Waals surface area contributed by atoms with Gasteiger partial charge in [0.2, 0.25) is 5.91 Å². The predicted octanol–water partition coefficient (Wildman–Crippen LogP) is 2.29. The van der Waals surface area contributed by atoms with Crippen molar-refractivity contribution >= 4 is 23.3 Å². The smallest absolute Gasteiger partial charge is 0.341 e. The fourth-order valence-electron chi connectivity index (χ4n) is 7.15. The van der Waals surface area contributed by atoms with Crippen molar-refractivity contribution in [2.75, 3.05) is 12.4 Å². The van der Waals surface area contributed by atoms with Crippen molar-refractivity contribution in [1.82, 2.24) is 0 Å². The number of rotatable bonds is 5. The number of hydrogen-bond acceptors (Lipinski definition) is 8. The molecule has 2 saturated carbocycles. The minimum Gasteiger partial charge on any atom is -0.506 e. The lowest BCUT2D eigenvalue weighted by molar-refractivity contribution is -0.219. The number of phenolic OH excluding ortho intramolecular Hbond substituents is 2. The average Bonchev–Trinajstić information content (AvgIpc) is 3.14. The topological polar surface area (TPSA) is 142 Å². The summed E-state index contributed by atoms with van der Waals surface area (Å²) >= 11 is 0. The van der Waals surface area contributed by atoms with Gasteiger partial charge in [0.05, 0.1) is 24.9 Å². The number of carbonyl (C=O) groups excluding carboxylic acids is 3. The minimum atomic E-state index is -0.924. The minimum absolute atomic E-state index is 0.0759. The quantitative estimate of drug-likeness (QED) is 0.378. The molecule has 6 rings (SSSR count). The molecule has 5 aliphatic rings. The predicted molar refractivity (Wildman–Crippen MR) is 119 cm³/mol. The number of nitrogens with one attached hydrogen (secondary N) is 1. The fourth-order valence-corrected chi connectivity index (χ4v) is 7.15. The standard InChI is InChI=1S/C25H29NO8/c1-23(8-7-17(29)26-18-14(27)5-4-13(19(18)30)21(31)33-3)16(28)6-9-25-11-12-10-15(20(23)25)34-24(12,2)22(25)32/h4-6,9,12,15,20,22,27,30,32H,7-8,10-11H2,1-3H3,(H,26,29)/t12-,15+,20+,22+,23-,24-,25-/m1/s1. The maximum absolute atomic E-state index is 13.1. The molecule has 9 nitrogen and oxygen atoms in total. The van der Waals surface area contributed by atoms with Crippen LogP contribution in [0.4, 0.5) is 5.69 Å². The number of allylic oxidation sites excluding steroid dienone is 1. The number of ether oxygens (including phenoxy) is 2. The van der Waals surface area contributed by atoms with Crippen molar-refractivity contribution in [1.29, 1.82) is 0 Å². The van der Waals surface area contributed by atoms with Crippen LogP contribution in [-0.4, -0.2) is 57.9 Å². The highest BCUT2D eigenvalue weighted by Crippen LogP contribution is 2.71. The number of esters is 1. The maximum atomic E-state index is 13.1. The first-order valence-electron chi connectivity index (χ1n) is 11.5. The number of phenols is 2. The summed E-state index contributed by atoms with van der Waals surface area (Å²) in [6.07, 6.45) is 4.18. The Hall–Kier alpha value is -2.91. The molecular formula is C25H29NO8. The molecular weight excluding hydrogens is 442 g/mol. The number of carbonyl (C=O) groups is 3. The first-order valence-corrected chi connectivity index (χ1v) is 11.5. The third-order valence-corrected chi connectivity index (χ3v) is 8.83. The number of anilines is 1. The highest BCUT2D eigenvalue weighted by atomic mass is 16.5. The number of hydrogen-bond donors (Lipinski definition) is 4. The zero-order chi connectivity index (χ0) is 24.6. The Labute approximate surface area is 196 Å². The van der Waals surface area contributed by atoms with Crippen LogP contribution in [-0.2, 0) is 19.1 Å². The summed E-state index contributed by atoms with van der Waals surface area (Å²) in [7, 11) is 1.15. The second kappa shape index (κ2) is 7.29. The number of aromatic hydroxyl groups is 2. The second-order valence-electron chi connectivity index (χ2n) is 10.5. The van der Waals surface area contributed by atoms with E-state index in [0.29, 0.717) is 0 Å². The van der Waals surface area contributed by atoms with Gasteiger partial charge in [-0.15, -0.1) is 0 Å². The molecule has 2 saturated heterocycles. The van der Waals surface area contributed by atoms with Crippen molar-refractivity contribution in [2.24, 2.45) is 22.7 Å². The average molecular weight is 472 g/mol. The fraction of sp³-hybridized carbons (Fsp3) is 0.560. The van der Waals surface area contributed by atoms with Crippen LogP contribution in [0.15, 0.2) is 24.3 Å². The second-order valence-corrected chi connectivity index (χ2v) is 10.5. The SMILES string of the molecule is COC(=O)c1ccc(O)c(NC(=O)CC[C@]2(C)C(=O)C=C[C@]34C[C@H]5C[C@H](O[C@@]5(C)[C@@H]3O)[C@H]42)c1O. The molecule has 0 radical (unpaired) electrons. The van der Waals surface area contributed by atoms with Gasteiger partial charge < -0.3 is 30.1 Å². The number of methoxy groups -OCH3 is 1. The molecule has 1 amide bonds. The van der Waals surface area contributed by atoms with Crippen LogP contribution >= 0.6 is 0 Å². The van der Waals surface area contributed by atoms with Crippen LogP contribution in [0.3, 0.4) is 0 Å². The molecule has 3 aliphatic carbocycles. The number of aliphatic hydroxyl groups excluding tert-OH is 1. The van der Waals surface area contributed by atoms with Crippen LogP contribution in [0.2, 0.25) is 0 Å². The molecule has 0 aromatic heterocycles. The van der Waals surface area contributed by atoms with Gasteiger partial charge in [0, 0.05) is 23.2 Å². The van der Waals surface area contributed by atoms with E-state index in [9.17, 15) is 29.7 Å². The Morgan fingerprint density at radius 2 is 2.00 bits per heavy atom. The Bertz CT molecular complexity index is 1130.